The van der Waals surface area contributed by atoms with Gasteiger partial charge in [0, 0.05) is 12.0 Å². The maximum absolute atomic E-state index is 11.0. The number of aliphatic hydroxyl groups excluding tert-OH is 1. The Labute approximate surface area is 105 Å². The van der Waals surface area contributed by atoms with Crippen LogP contribution in [0.5, 0.6) is 0 Å². The first kappa shape index (κ1) is 13.3. The number of hydrogen-bond donors (Lipinski definition) is 3. The molecule has 1 aliphatic carbocycles. The van der Waals surface area contributed by atoms with E-state index in [9.17, 15) is 10.2 Å². The van der Waals surface area contributed by atoms with Crippen LogP contribution in [0.25, 0.3) is 0 Å². The predicted molar refractivity (Wildman–Crippen MR) is 68.8 cm³/mol. The van der Waals surface area contributed by atoms with E-state index in [1.54, 1.807) is 0 Å². The summed E-state index contributed by atoms with van der Waals surface area (Å²) in [5, 5.41) is 24.1. The first-order valence-corrected chi connectivity index (χ1v) is 7.20. The Morgan fingerprint density at radius 1 is 1.24 bits per heavy atom. The van der Waals surface area contributed by atoms with Crippen LogP contribution in [0.3, 0.4) is 0 Å². The predicted octanol–water partition coefficient (Wildman–Crippen LogP) is 1.68. The van der Waals surface area contributed by atoms with Gasteiger partial charge in [-0.2, -0.15) is 0 Å². The zero-order valence-corrected chi connectivity index (χ0v) is 11.0. The molecule has 1 aliphatic heterocycles. The maximum Gasteiger partial charge on any atom is 0.0738 e. The molecule has 0 amide bonds. The van der Waals surface area contributed by atoms with Crippen LogP contribution >= 0.6 is 0 Å². The van der Waals surface area contributed by atoms with Gasteiger partial charge in [-0.05, 0) is 51.0 Å². The summed E-state index contributed by atoms with van der Waals surface area (Å²) >= 11 is 0. The summed E-state index contributed by atoms with van der Waals surface area (Å²) in [5.41, 5.74) is -0.926. The molecule has 0 spiro atoms. The zero-order chi connectivity index (χ0) is 12.4. The highest BCUT2D eigenvalue weighted by Crippen LogP contribution is 2.47. The van der Waals surface area contributed by atoms with Gasteiger partial charge in [0.25, 0.3) is 0 Å². The van der Waals surface area contributed by atoms with Crippen molar-refractivity contribution in [1.29, 1.82) is 0 Å². The summed E-state index contributed by atoms with van der Waals surface area (Å²) in [6.45, 7) is 4.15. The molecule has 100 valence electrons. The molecule has 2 fully saturated rings. The van der Waals surface area contributed by atoms with E-state index in [2.05, 4.69) is 12.2 Å². The highest BCUT2D eigenvalue weighted by Gasteiger charge is 2.51. The second kappa shape index (κ2) is 5.25. The molecular weight excluding hydrogens is 214 g/mol. The van der Waals surface area contributed by atoms with Gasteiger partial charge in [0.05, 0.1) is 12.2 Å². The van der Waals surface area contributed by atoms with Crippen LogP contribution < -0.4 is 5.32 Å². The van der Waals surface area contributed by atoms with Crippen LogP contribution in [-0.2, 0) is 0 Å². The van der Waals surface area contributed by atoms with Crippen LogP contribution in [0, 0.1) is 11.3 Å². The van der Waals surface area contributed by atoms with Crippen molar-refractivity contribution >= 4 is 0 Å². The minimum absolute atomic E-state index is 0.118. The Hall–Kier alpha value is -0.120. The fraction of sp³-hybridized carbons (Fsp3) is 1.00. The highest BCUT2D eigenvalue weighted by atomic mass is 16.3. The molecule has 0 aromatic rings. The van der Waals surface area contributed by atoms with Crippen molar-refractivity contribution in [3.8, 4) is 0 Å². The third-order valence-electron chi connectivity index (χ3n) is 5.27. The minimum Gasteiger partial charge on any atom is -0.396 e. The van der Waals surface area contributed by atoms with Crippen molar-refractivity contribution in [2.45, 2.75) is 57.5 Å². The van der Waals surface area contributed by atoms with Gasteiger partial charge in [-0.1, -0.05) is 13.3 Å². The second-order valence-corrected chi connectivity index (χ2v) is 6.10. The molecule has 0 bridgehead atoms. The van der Waals surface area contributed by atoms with E-state index in [0.717, 1.165) is 57.5 Å². The van der Waals surface area contributed by atoms with Crippen LogP contribution in [0.15, 0.2) is 0 Å². The van der Waals surface area contributed by atoms with Crippen molar-refractivity contribution < 1.29 is 10.2 Å². The quantitative estimate of drug-likeness (QED) is 0.704. The van der Waals surface area contributed by atoms with Crippen LogP contribution in [0.2, 0.25) is 0 Å². The molecule has 1 atom stereocenters. The number of piperidine rings is 1. The monoisotopic (exact) mass is 241 g/mol. The van der Waals surface area contributed by atoms with Crippen molar-refractivity contribution in [2.75, 3.05) is 19.7 Å². The van der Waals surface area contributed by atoms with E-state index in [1.165, 1.54) is 6.42 Å². The minimum atomic E-state index is -0.638. The van der Waals surface area contributed by atoms with E-state index < -0.39 is 5.60 Å². The van der Waals surface area contributed by atoms with Gasteiger partial charge in [-0.15, -0.1) is 0 Å². The van der Waals surface area contributed by atoms with E-state index in [-0.39, 0.29) is 12.0 Å². The fourth-order valence-corrected chi connectivity index (χ4v) is 3.74. The lowest BCUT2D eigenvalue weighted by molar-refractivity contribution is -0.145. The van der Waals surface area contributed by atoms with Crippen molar-refractivity contribution in [3.63, 3.8) is 0 Å². The summed E-state index contributed by atoms with van der Waals surface area (Å²) in [7, 11) is 0. The number of nitrogens with one attached hydrogen (secondary N) is 1. The molecule has 17 heavy (non-hydrogen) atoms. The molecule has 3 heteroatoms. The lowest BCUT2D eigenvalue weighted by atomic mass is 9.60. The van der Waals surface area contributed by atoms with E-state index in [1.807, 2.05) is 0 Å². The first-order chi connectivity index (χ1) is 8.16. The standard InChI is InChI=1S/C14H27NO2/c1-2-12-4-7-14(17,8-5-12)13(11-16)6-3-9-15-10-13/h12,15-17H,2-11H2,1H3. The second-order valence-electron chi connectivity index (χ2n) is 6.10. The van der Waals surface area contributed by atoms with Crippen molar-refractivity contribution in [1.82, 2.24) is 5.32 Å². The Morgan fingerprint density at radius 2 is 1.94 bits per heavy atom. The Morgan fingerprint density at radius 3 is 2.41 bits per heavy atom. The molecule has 3 N–H and O–H groups in total. The van der Waals surface area contributed by atoms with Gasteiger partial charge in [-0.25, -0.2) is 0 Å². The lowest BCUT2D eigenvalue weighted by Crippen LogP contribution is -2.59. The van der Waals surface area contributed by atoms with Crippen LogP contribution in [0.4, 0.5) is 0 Å². The topological polar surface area (TPSA) is 52.5 Å². The fourth-order valence-electron chi connectivity index (χ4n) is 3.74. The normalized spacial score (nSPS) is 43.6. The Balaban J connectivity index is 2.08. The molecule has 2 aliphatic rings. The van der Waals surface area contributed by atoms with Gasteiger partial charge in [0.1, 0.15) is 0 Å². The van der Waals surface area contributed by atoms with Gasteiger partial charge < -0.3 is 15.5 Å². The average Bonchev–Trinajstić information content (AvgIpc) is 2.40. The zero-order valence-electron chi connectivity index (χ0n) is 11.0. The van der Waals surface area contributed by atoms with Gasteiger partial charge >= 0.3 is 0 Å². The maximum atomic E-state index is 11.0. The van der Waals surface area contributed by atoms with Crippen LogP contribution in [-0.4, -0.2) is 35.5 Å². The number of hydrogen-bond acceptors (Lipinski definition) is 3. The third kappa shape index (κ3) is 2.38. The number of rotatable bonds is 3. The van der Waals surface area contributed by atoms with Gasteiger partial charge in [0.15, 0.2) is 0 Å². The first-order valence-electron chi connectivity index (χ1n) is 7.20. The average molecular weight is 241 g/mol. The van der Waals surface area contributed by atoms with Crippen LogP contribution in [0.1, 0.15) is 51.9 Å². The van der Waals surface area contributed by atoms with E-state index >= 15 is 0 Å². The molecule has 3 nitrogen and oxygen atoms in total. The summed E-state index contributed by atoms with van der Waals surface area (Å²) < 4.78 is 0. The van der Waals surface area contributed by atoms with Gasteiger partial charge in [0.2, 0.25) is 0 Å². The molecule has 1 heterocycles. The smallest absolute Gasteiger partial charge is 0.0738 e. The summed E-state index contributed by atoms with van der Waals surface area (Å²) in [4.78, 5) is 0. The Bertz CT molecular complexity index is 241. The van der Waals surface area contributed by atoms with Crippen molar-refractivity contribution in [2.24, 2.45) is 11.3 Å². The van der Waals surface area contributed by atoms with E-state index in [4.69, 9.17) is 0 Å². The molecule has 0 aromatic carbocycles. The molecule has 0 radical (unpaired) electrons. The molecular formula is C14H27NO2. The summed E-state index contributed by atoms with van der Waals surface area (Å²) in [5.74, 6) is 0.780. The summed E-state index contributed by atoms with van der Waals surface area (Å²) in [6, 6.07) is 0. The Kier molecular flexibility index (Phi) is 4.11. The number of aliphatic hydroxyl groups is 2. The molecule has 0 aromatic heterocycles. The third-order valence-corrected chi connectivity index (χ3v) is 5.27. The molecule has 1 unspecified atom stereocenters. The largest absolute Gasteiger partial charge is 0.396 e. The molecule has 1 saturated heterocycles. The SMILES string of the molecule is CCC1CCC(O)(C2(CO)CCCNC2)CC1. The molecule has 2 rings (SSSR count). The lowest BCUT2D eigenvalue weighted by Gasteiger charge is -2.51. The van der Waals surface area contributed by atoms with Crippen molar-refractivity contribution in [3.05, 3.63) is 0 Å². The van der Waals surface area contributed by atoms with E-state index in [0.29, 0.717) is 0 Å². The summed E-state index contributed by atoms with van der Waals surface area (Å²) in [6.07, 6.45) is 7.23. The highest BCUT2D eigenvalue weighted by molar-refractivity contribution is 5.03. The van der Waals surface area contributed by atoms with Gasteiger partial charge in [-0.3, -0.25) is 0 Å². The molecule has 1 saturated carbocycles.